The van der Waals surface area contributed by atoms with Crippen molar-refractivity contribution in [3.8, 4) is 0 Å². The van der Waals surface area contributed by atoms with E-state index in [-0.39, 0.29) is 11.9 Å². The van der Waals surface area contributed by atoms with Crippen molar-refractivity contribution in [3.63, 3.8) is 0 Å². The molecule has 1 aliphatic heterocycles. The lowest BCUT2D eigenvalue weighted by Gasteiger charge is -2.10. The lowest BCUT2D eigenvalue weighted by atomic mass is 10.0. The lowest BCUT2D eigenvalue weighted by Crippen LogP contribution is -2.26. The summed E-state index contributed by atoms with van der Waals surface area (Å²) >= 11 is 6.11. The minimum absolute atomic E-state index is 0.0410. The van der Waals surface area contributed by atoms with E-state index < -0.39 is 0 Å². The molecule has 0 bridgehead atoms. The van der Waals surface area contributed by atoms with E-state index in [4.69, 9.17) is 16.4 Å². The Hall–Kier alpha value is -1.91. The molecule has 114 valence electrons. The average molecular weight is 319 g/mol. The largest absolute Gasteiger partial charge is 0.390 e. The van der Waals surface area contributed by atoms with Crippen LogP contribution in [0.1, 0.15) is 17.5 Å². The molecule has 0 spiro atoms. The molecule has 1 N–H and O–H groups in total. The first-order chi connectivity index (χ1) is 10.7. The number of rotatable bonds is 5. The maximum absolute atomic E-state index is 13.2. The van der Waals surface area contributed by atoms with Crippen LogP contribution in [0.5, 0.6) is 0 Å². The van der Waals surface area contributed by atoms with Crippen LogP contribution in [-0.2, 0) is 11.4 Å². The summed E-state index contributed by atoms with van der Waals surface area (Å²) in [5.41, 5.74) is 2.60. The number of nitrogens with zero attached hydrogens (tertiary/aromatic N) is 1. The molecule has 0 radical (unpaired) electrons. The van der Waals surface area contributed by atoms with Gasteiger partial charge in [-0.1, -0.05) is 47.1 Å². The third-order valence-corrected chi connectivity index (χ3v) is 3.90. The number of hydrogen-bond donors (Lipinski definition) is 1. The van der Waals surface area contributed by atoms with E-state index in [0.717, 1.165) is 21.9 Å². The molecule has 0 fully saturated rings. The van der Waals surface area contributed by atoms with Gasteiger partial charge < -0.3 is 10.2 Å². The molecule has 5 heteroatoms. The fraction of sp³-hybridized carbons (Fsp3) is 0.235. The summed E-state index contributed by atoms with van der Waals surface area (Å²) in [7, 11) is 0. The lowest BCUT2D eigenvalue weighted by molar-refractivity contribution is 0.0848. The number of benzene rings is 2. The number of halogens is 2. The van der Waals surface area contributed by atoms with Gasteiger partial charge in [0.2, 0.25) is 0 Å². The first-order valence-corrected chi connectivity index (χ1v) is 7.53. The molecule has 22 heavy (non-hydrogen) atoms. The van der Waals surface area contributed by atoms with Crippen LogP contribution in [0.2, 0.25) is 5.02 Å². The van der Waals surface area contributed by atoms with Crippen LogP contribution in [0.4, 0.5) is 4.39 Å². The Morgan fingerprint density at radius 2 is 2.09 bits per heavy atom. The van der Waals surface area contributed by atoms with Crippen LogP contribution < -0.4 is 5.32 Å². The van der Waals surface area contributed by atoms with Gasteiger partial charge in [0.1, 0.15) is 11.9 Å². The van der Waals surface area contributed by atoms with Gasteiger partial charge in [0, 0.05) is 30.1 Å². The number of nitrogens with one attached hydrogen (secondary N) is 1. The van der Waals surface area contributed by atoms with Gasteiger partial charge in [-0.15, -0.1) is 0 Å². The second-order valence-corrected chi connectivity index (χ2v) is 5.61. The first kappa shape index (κ1) is 15.0. The van der Waals surface area contributed by atoms with Crippen LogP contribution in [-0.4, -0.2) is 18.4 Å². The summed E-state index contributed by atoms with van der Waals surface area (Å²) in [6.45, 7) is 1.34. The highest BCUT2D eigenvalue weighted by molar-refractivity contribution is 6.31. The van der Waals surface area contributed by atoms with Gasteiger partial charge >= 0.3 is 0 Å². The first-order valence-electron chi connectivity index (χ1n) is 7.15. The Kier molecular flexibility index (Phi) is 4.71. The molecule has 2 aromatic carbocycles. The molecule has 1 atom stereocenters. The highest BCUT2D eigenvalue weighted by Crippen LogP contribution is 2.18. The Morgan fingerprint density at radius 3 is 2.91 bits per heavy atom. The van der Waals surface area contributed by atoms with E-state index in [9.17, 15) is 4.39 Å². The molecule has 0 aromatic heterocycles. The van der Waals surface area contributed by atoms with Crippen molar-refractivity contribution in [2.45, 2.75) is 19.1 Å². The van der Waals surface area contributed by atoms with Crippen molar-refractivity contribution in [1.82, 2.24) is 5.32 Å². The summed E-state index contributed by atoms with van der Waals surface area (Å²) < 4.78 is 13.2. The summed E-state index contributed by atoms with van der Waals surface area (Å²) in [4.78, 5) is 5.40. The predicted molar refractivity (Wildman–Crippen MR) is 85.6 cm³/mol. The van der Waals surface area contributed by atoms with Crippen molar-refractivity contribution in [2.24, 2.45) is 5.16 Å². The Labute approximate surface area is 133 Å². The van der Waals surface area contributed by atoms with E-state index in [1.54, 1.807) is 6.07 Å². The molecule has 2 aromatic rings. The molecule has 0 saturated carbocycles. The van der Waals surface area contributed by atoms with Gasteiger partial charge in [-0.3, -0.25) is 0 Å². The Balaban J connectivity index is 1.50. The standard InChI is InChI=1S/C17H16ClFN2O/c18-16-7-2-1-4-13(16)10-20-11-15-9-17(21-22-15)12-5-3-6-14(19)8-12/h1-8,15,20H,9-11H2/t15-/m0/s1. The summed E-state index contributed by atoms with van der Waals surface area (Å²) in [5.74, 6) is -0.263. The third kappa shape index (κ3) is 3.64. The average Bonchev–Trinajstić information content (AvgIpc) is 2.98. The van der Waals surface area contributed by atoms with E-state index in [1.165, 1.54) is 12.1 Å². The molecule has 1 heterocycles. The highest BCUT2D eigenvalue weighted by Gasteiger charge is 2.22. The molecule has 0 unspecified atom stereocenters. The van der Waals surface area contributed by atoms with Crippen LogP contribution in [0.3, 0.4) is 0 Å². The van der Waals surface area contributed by atoms with Gasteiger partial charge in [0.05, 0.1) is 5.71 Å². The van der Waals surface area contributed by atoms with Crippen molar-refractivity contribution < 1.29 is 9.23 Å². The van der Waals surface area contributed by atoms with Gasteiger partial charge in [-0.25, -0.2) is 4.39 Å². The zero-order valence-electron chi connectivity index (χ0n) is 11.9. The molecule has 0 saturated heterocycles. The summed E-state index contributed by atoms with van der Waals surface area (Å²) in [6.07, 6.45) is 0.625. The SMILES string of the molecule is Fc1cccc(C2=NO[C@H](CNCc3ccccc3Cl)C2)c1. The van der Waals surface area contributed by atoms with Crippen molar-refractivity contribution in [1.29, 1.82) is 0 Å². The van der Waals surface area contributed by atoms with Gasteiger partial charge in [-0.05, 0) is 23.8 Å². The molecule has 0 amide bonds. The monoisotopic (exact) mass is 318 g/mol. The number of oxime groups is 1. The van der Waals surface area contributed by atoms with E-state index >= 15 is 0 Å². The smallest absolute Gasteiger partial charge is 0.145 e. The third-order valence-electron chi connectivity index (χ3n) is 3.54. The van der Waals surface area contributed by atoms with Crippen molar-refractivity contribution in [3.05, 3.63) is 70.5 Å². The zero-order chi connectivity index (χ0) is 15.4. The van der Waals surface area contributed by atoms with Crippen LogP contribution in [0.15, 0.2) is 53.7 Å². The van der Waals surface area contributed by atoms with Crippen molar-refractivity contribution >= 4 is 17.3 Å². The Morgan fingerprint density at radius 1 is 1.23 bits per heavy atom. The molecule has 3 rings (SSSR count). The predicted octanol–water partition coefficient (Wildman–Crippen LogP) is 3.76. The summed E-state index contributed by atoms with van der Waals surface area (Å²) in [6, 6.07) is 14.1. The van der Waals surface area contributed by atoms with Gasteiger partial charge in [-0.2, -0.15) is 0 Å². The van der Waals surface area contributed by atoms with E-state index in [2.05, 4.69) is 10.5 Å². The maximum Gasteiger partial charge on any atom is 0.145 e. The van der Waals surface area contributed by atoms with E-state index in [1.807, 2.05) is 30.3 Å². The van der Waals surface area contributed by atoms with Crippen LogP contribution in [0, 0.1) is 5.82 Å². The summed E-state index contributed by atoms with van der Waals surface area (Å²) in [5, 5.41) is 8.12. The van der Waals surface area contributed by atoms with Crippen molar-refractivity contribution in [2.75, 3.05) is 6.54 Å². The van der Waals surface area contributed by atoms with E-state index in [0.29, 0.717) is 19.5 Å². The minimum Gasteiger partial charge on any atom is -0.390 e. The van der Waals surface area contributed by atoms with Crippen LogP contribution in [0.25, 0.3) is 0 Å². The number of hydrogen-bond acceptors (Lipinski definition) is 3. The second-order valence-electron chi connectivity index (χ2n) is 5.20. The topological polar surface area (TPSA) is 33.6 Å². The second kappa shape index (κ2) is 6.90. The molecular weight excluding hydrogens is 303 g/mol. The normalized spacial score (nSPS) is 17.2. The molecular formula is C17H16ClFN2O. The quantitative estimate of drug-likeness (QED) is 0.910. The van der Waals surface area contributed by atoms with Crippen LogP contribution >= 0.6 is 11.6 Å². The fourth-order valence-corrected chi connectivity index (χ4v) is 2.59. The zero-order valence-corrected chi connectivity index (χ0v) is 12.7. The maximum atomic E-state index is 13.2. The molecule has 3 nitrogen and oxygen atoms in total. The van der Waals surface area contributed by atoms with Gasteiger partial charge in [0.25, 0.3) is 0 Å². The Bertz CT molecular complexity index is 690. The molecule has 1 aliphatic rings. The minimum atomic E-state index is -0.263. The molecule has 0 aliphatic carbocycles. The fourth-order valence-electron chi connectivity index (χ4n) is 2.39. The van der Waals surface area contributed by atoms with Gasteiger partial charge in [0.15, 0.2) is 0 Å². The highest BCUT2D eigenvalue weighted by atomic mass is 35.5.